The van der Waals surface area contributed by atoms with Crippen molar-refractivity contribution < 1.29 is 17.2 Å². The Balaban J connectivity index is 0.000000332. The summed E-state index contributed by atoms with van der Waals surface area (Å²) in [6.07, 6.45) is 12.2. The van der Waals surface area contributed by atoms with Crippen LogP contribution in [0.1, 0.15) is 23.8 Å². The van der Waals surface area contributed by atoms with E-state index in [4.69, 9.17) is 16.2 Å². The minimum Gasteiger partial charge on any atom is -0.454 e. The molecule has 0 spiro atoms. The lowest BCUT2D eigenvalue weighted by atomic mass is 10.3. The average Bonchev–Trinajstić information content (AvgIpc) is 2.85. The molecule has 4 heterocycles. The van der Waals surface area contributed by atoms with Crippen LogP contribution in [0.3, 0.4) is 0 Å². The van der Waals surface area contributed by atoms with Crippen molar-refractivity contribution in [1.29, 1.82) is 0 Å². The van der Waals surface area contributed by atoms with Crippen LogP contribution in [0, 0.1) is 0 Å². The normalized spacial score (nSPS) is 9.85. The smallest absolute Gasteiger partial charge is 0.267 e. The average molecular weight is 449 g/mol. The number of anilines is 2. The maximum Gasteiger partial charge on any atom is 0.267 e. The van der Waals surface area contributed by atoms with Crippen LogP contribution in [-0.2, 0) is 0 Å². The lowest BCUT2D eigenvalue weighted by Crippen LogP contribution is -2.15. The molecule has 4 aromatic rings. The fourth-order valence-electron chi connectivity index (χ4n) is 2.46. The Morgan fingerprint density at radius 1 is 0.788 bits per heavy atom. The number of hydrogen-bond donors (Lipinski definition) is 2. The number of primary amides is 2. The van der Waals surface area contributed by atoms with Crippen molar-refractivity contribution in [2.75, 3.05) is 11.9 Å². The standard InChI is InChI=1S/C11H11N5O.C10H8N4O2.2H2/c1-16(9-5-13-7-14-6-9)8-2-3-15-10(4-8)11(12)17;11-10(15)9-3-7(1-2-14-9)16-8-4-12-6-13-5-8;;/h2-7H,1H3,(H2,12,17);1-6H,(H2,11,15);2*1H. The van der Waals surface area contributed by atoms with E-state index in [9.17, 15) is 9.59 Å². The van der Waals surface area contributed by atoms with E-state index in [0.29, 0.717) is 11.5 Å². The van der Waals surface area contributed by atoms with Crippen molar-refractivity contribution in [3.8, 4) is 11.5 Å². The van der Waals surface area contributed by atoms with Gasteiger partial charge in [-0.25, -0.2) is 19.9 Å². The molecular formula is C21H23N9O3. The molecule has 0 bridgehead atoms. The van der Waals surface area contributed by atoms with Crippen LogP contribution in [-0.4, -0.2) is 48.8 Å². The van der Waals surface area contributed by atoms with Crippen molar-refractivity contribution in [3.05, 3.63) is 85.5 Å². The summed E-state index contributed by atoms with van der Waals surface area (Å²) in [6, 6.07) is 6.46. The molecule has 33 heavy (non-hydrogen) atoms. The third-order valence-corrected chi connectivity index (χ3v) is 4.07. The van der Waals surface area contributed by atoms with Gasteiger partial charge in [-0.3, -0.25) is 19.6 Å². The van der Waals surface area contributed by atoms with E-state index in [1.54, 1.807) is 30.6 Å². The minimum absolute atomic E-state index is 0. The number of ether oxygens (including phenoxy) is 1. The minimum atomic E-state index is -0.602. The number of pyridine rings is 2. The maximum atomic E-state index is 11.0. The monoisotopic (exact) mass is 449 g/mol. The summed E-state index contributed by atoms with van der Waals surface area (Å²) >= 11 is 0. The van der Waals surface area contributed by atoms with Gasteiger partial charge in [0, 0.05) is 34.0 Å². The number of nitrogens with zero attached hydrogens (tertiary/aromatic N) is 7. The van der Waals surface area contributed by atoms with Crippen molar-refractivity contribution in [3.63, 3.8) is 0 Å². The number of nitrogens with two attached hydrogens (primary N) is 2. The molecule has 0 saturated heterocycles. The summed E-state index contributed by atoms with van der Waals surface area (Å²) in [5.74, 6) is -0.220. The molecule has 0 aliphatic carbocycles. The topological polar surface area (TPSA) is 176 Å². The summed E-state index contributed by atoms with van der Waals surface area (Å²) in [6.45, 7) is 0. The molecule has 0 saturated carbocycles. The molecule has 0 fully saturated rings. The van der Waals surface area contributed by atoms with Crippen LogP contribution in [0.4, 0.5) is 11.4 Å². The quantitative estimate of drug-likeness (QED) is 0.442. The van der Waals surface area contributed by atoms with Gasteiger partial charge in [0.05, 0.1) is 30.5 Å². The van der Waals surface area contributed by atoms with E-state index in [1.807, 2.05) is 11.9 Å². The lowest BCUT2D eigenvalue weighted by molar-refractivity contribution is 0.0987. The van der Waals surface area contributed by atoms with E-state index in [1.165, 1.54) is 43.5 Å². The Bertz CT molecular complexity index is 1230. The molecular weight excluding hydrogens is 426 g/mol. The molecule has 0 unspecified atom stereocenters. The molecule has 0 aliphatic rings. The first-order valence-corrected chi connectivity index (χ1v) is 9.37. The molecule has 12 nitrogen and oxygen atoms in total. The summed E-state index contributed by atoms with van der Waals surface area (Å²) in [5.41, 5.74) is 12.3. The molecule has 12 heteroatoms. The molecule has 0 atom stereocenters. The first kappa shape index (κ1) is 22.7. The van der Waals surface area contributed by atoms with Gasteiger partial charge in [-0.2, -0.15) is 0 Å². The summed E-state index contributed by atoms with van der Waals surface area (Å²) in [5, 5.41) is 0. The van der Waals surface area contributed by atoms with E-state index in [2.05, 4.69) is 29.9 Å². The Hall–Kier alpha value is -5.00. The van der Waals surface area contributed by atoms with Gasteiger partial charge < -0.3 is 21.1 Å². The van der Waals surface area contributed by atoms with Gasteiger partial charge >= 0.3 is 0 Å². The van der Waals surface area contributed by atoms with Crippen molar-refractivity contribution >= 4 is 23.2 Å². The Kier molecular flexibility index (Phi) is 7.46. The predicted molar refractivity (Wildman–Crippen MR) is 122 cm³/mol. The highest BCUT2D eigenvalue weighted by atomic mass is 16.5. The third-order valence-electron chi connectivity index (χ3n) is 4.07. The van der Waals surface area contributed by atoms with Crippen LogP contribution in [0.25, 0.3) is 0 Å². The van der Waals surface area contributed by atoms with Crippen LogP contribution < -0.4 is 21.1 Å². The Morgan fingerprint density at radius 2 is 1.33 bits per heavy atom. The molecule has 4 N–H and O–H groups in total. The highest BCUT2D eigenvalue weighted by Crippen LogP contribution is 2.21. The fourth-order valence-corrected chi connectivity index (χ4v) is 2.46. The SMILES string of the molecule is CN(c1cncnc1)c1ccnc(C(N)=O)c1.NC(=O)c1cc(Oc2cncnc2)ccn1.[HH].[HH]. The van der Waals surface area contributed by atoms with Gasteiger partial charge in [-0.05, 0) is 18.2 Å². The number of hydrogen-bond acceptors (Lipinski definition) is 10. The Labute approximate surface area is 191 Å². The van der Waals surface area contributed by atoms with Crippen molar-refractivity contribution in [1.82, 2.24) is 29.9 Å². The number of rotatable bonds is 6. The molecule has 170 valence electrons. The first-order valence-electron chi connectivity index (χ1n) is 9.37. The van der Waals surface area contributed by atoms with Gasteiger partial charge in [0.1, 0.15) is 29.8 Å². The number of aromatic nitrogens is 6. The Morgan fingerprint density at radius 3 is 1.94 bits per heavy atom. The molecule has 2 amide bonds. The second-order valence-corrected chi connectivity index (χ2v) is 6.34. The largest absolute Gasteiger partial charge is 0.454 e. The van der Waals surface area contributed by atoms with Crippen molar-refractivity contribution in [2.24, 2.45) is 11.5 Å². The zero-order chi connectivity index (χ0) is 23.6. The van der Waals surface area contributed by atoms with Crippen LogP contribution in [0.5, 0.6) is 11.5 Å². The number of amides is 2. The van der Waals surface area contributed by atoms with Crippen LogP contribution >= 0.6 is 0 Å². The van der Waals surface area contributed by atoms with Gasteiger partial charge in [0.15, 0.2) is 5.75 Å². The van der Waals surface area contributed by atoms with Gasteiger partial charge in [0.2, 0.25) is 0 Å². The summed E-state index contributed by atoms with van der Waals surface area (Å²) in [7, 11) is 1.85. The van der Waals surface area contributed by atoms with E-state index >= 15 is 0 Å². The maximum absolute atomic E-state index is 11.0. The van der Waals surface area contributed by atoms with E-state index in [-0.39, 0.29) is 14.2 Å². The fraction of sp³-hybridized carbons (Fsp3) is 0.0476. The molecule has 4 rings (SSSR count). The molecule has 0 aliphatic heterocycles. The zero-order valence-electron chi connectivity index (χ0n) is 17.4. The zero-order valence-corrected chi connectivity index (χ0v) is 17.4. The predicted octanol–water partition coefficient (Wildman–Crippen LogP) is 1.99. The summed E-state index contributed by atoms with van der Waals surface area (Å²) in [4.78, 5) is 46.9. The van der Waals surface area contributed by atoms with Crippen LogP contribution in [0.15, 0.2) is 74.1 Å². The van der Waals surface area contributed by atoms with Gasteiger partial charge in [-0.1, -0.05) is 0 Å². The molecule has 0 aromatic carbocycles. The van der Waals surface area contributed by atoms with Crippen LogP contribution in [0.2, 0.25) is 0 Å². The second-order valence-electron chi connectivity index (χ2n) is 6.34. The second kappa shape index (κ2) is 10.9. The highest BCUT2D eigenvalue weighted by molar-refractivity contribution is 5.92. The van der Waals surface area contributed by atoms with Gasteiger partial charge in [0.25, 0.3) is 11.8 Å². The first-order chi connectivity index (χ1) is 15.9. The number of carbonyl (C=O) groups is 2. The van der Waals surface area contributed by atoms with E-state index in [0.717, 1.165) is 11.4 Å². The van der Waals surface area contributed by atoms with Crippen molar-refractivity contribution in [2.45, 2.75) is 0 Å². The van der Waals surface area contributed by atoms with Gasteiger partial charge in [-0.15, -0.1) is 0 Å². The number of carbonyl (C=O) groups excluding carboxylic acids is 2. The lowest BCUT2D eigenvalue weighted by Gasteiger charge is -2.18. The third kappa shape index (κ3) is 6.49. The van der Waals surface area contributed by atoms with E-state index < -0.39 is 11.8 Å². The molecule has 0 radical (unpaired) electrons. The highest BCUT2D eigenvalue weighted by Gasteiger charge is 2.08. The summed E-state index contributed by atoms with van der Waals surface area (Å²) < 4.78 is 5.40. The molecule has 4 aromatic heterocycles.